The highest BCUT2D eigenvalue weighted by atomic mass is 32.2. The number of hydrogen-bond donors (Lipinski definition) is 4. The summed E-state index contributed by atoms with van der Waals surface area (Å²) in [7, 11) is 0. The zero-order valence-electron chi connectivity index (χ0n) is 28.1. The Hall–Kier alpha value is -4.13. The van der Waals surface area contributed by atoms with Gasteiger partial charge in [-0.2, -0.15) is 0 Å². The van der Waals surface area contributed by atoms with Crippen LogP contribution in [0.5, 0.6) is 11.5 Å². The molecule has 0 aromatic heterocycles. The number of benzene rings is 3. The molecule has 264 valence electrons. The van der Waals surface area contributed by atoms with Crippen molar-refractivity contribution >= 4 is 51.5 Å². The fourth-order valence-corrected chi connectivity index (χ4v) is 8.57. The van der Waals surface area contributed by atoms with Gasteiger partial charge in [-0.15, -0.1) is 0 Å². The quantitative estimate of drug-likeness (QED) is 0.210. The van der Waals surface area contributed by atoms with Gasteiger partial charge in [-0.1, -0.05) is 78.1 Å². The van der Waals surface area contributed by atoms with E-state index >= 15 is 0 Å². The molecule has 0 aliphatic heterocycles. The van der Waals surface area contributed by atoms with Crippen molar-refractivity contribution in [2.24, 2.45) is 10.8 Å². The van der Waals surface area contributed by atoms with E-state index in [-0.39, 0.29) is 40.5 Å². The van der Waals surface area contributed by atoms with Gasteiger partial charge >= 0.3 is 0 Å². The van der Waals surface area contributed by atoms with Crippen LogP contribution in [0.25, 0.3) is 0 Å². The second kappa shape index (κ2) is 15.8. The Morgan fingerprint density at radius 3 is 1.84 bits per heavy atom. The summed E-state index contributed by atoms with van der Waals surface area (Å²) in [5.41, 5.74) is 2.37. The van der Waals surface area contributed by atoms with E-state index in [1.54, 1.807) is 0 Å². The zero-order valence-corrected chi connectivity index (χ0v) is 29.8. The smallest absolute Gasteiger partial charge is 0.260 e. The molecule has 3 unspecified atom stereocenters. The first kappa shape index (κ1) is 37.1. The van der Waals surface area contributed by atoms with Crippen LogP contribution < -0.4 is 5.32 Å². The van der Waals surface area contributed by atoms with Crippen LogP contribution in [-0.2, 0) is 56.2 Å². The number of imide groups is 1. The van der Waals surface area contributed by atoms with E-state index in [0.29, 0.717) is 37.7 Å². The number of amides is 3. The molecule has 2 aliphatic rings. The van der Waals surface area contributed by atoms with Crippen LogP contribution in [0.15, 0.2) is 66.7 Å². The van der Waals surface area contributed by atoms with E-state index in [9.17, 15) is 39.3 Å². The first-order chi connectivity index (χ1) is 23.8. The molecule has 10 nitrogen and oxygen atoms in total. The molecule has 50 heavy (non-hydrogen) atoms. The van der Waals surface area contributed by atoms with E-state index in [1.807, 2.05) is 48.5 Å². The predicted molar refractivity (Wildman–Crippen MR) is 192 cm³/mol. The number of phenolic OH excluding ortho intramolecular Hbond substituents is 2. The zero-order chi connectivity index (χ0) is 36.1. The summed E-state index contributed by atoms with van der Waals surface area (Å²) in [6.07, 6.45) is 0.879. The van der Waals surface area contributed by atoms with Crippen LogP contribution in [0.2, 0.25) is 0 Å². The van der Waals surface area contributed by atoms with Crippen molar-refractivity contribution in [3.05, 3.63) is 94.5 Å². The summed E-state index contributed by atoms with van der Waals surface area (Å²) in [6.45, 7) is 2.05. The van der Waals surface area contributed by atoms with Gasteiger partial charge in [0.2, 0.25) is 11.8 Å². The molecule has 4 N–H and O–H groups in total. The summed E-state index contributed by atoms with van der Waals surface area (Å²) < 4.78 is 0. The summed E-state index contributed by atoms with van der Waals surface area (Å²) in [6, 6.07) is 19.5. The molecule has 3 aromatic carbocycles. The number of aryl methyl sites for hydroxylation is 2. The fraction of sp³-hybridized carbons (Fsp3) is 0.395. The van der Waals surface area contributed by atoms with Crippen molar-refractivity contribution < 1.29 is 39.3 Å². The van der Waals surface area contributed by atoms with Crippen molar-refractivity contribution in [1.29, 1.82) is 0 Å². The number of rotatable bonds is 11. The number of aromatic hydroxyl groups is 2. The number of carbonyl (C=O) groups excluding carboxylic acids is 5. The summed E-state index contributed by atoms with van der Waals surface area (Å²) in [5, 5.41) is 33.8. The molecule has 3 amide bonds. The lowest BCUT2D eigenvalue weighted by atomic mass is 9.71. The van der Waals surface area contributed by atoms with Gasteiger partial charge in [0.1, 0.15) is 0 Å². The minimum atomic E-state index is -1.81. The van der Waals surface area contributed by atoms with Gasteiger partial charge in [0.05, 0.1) is 23.9 Å². The van der Waals surface area contributed by atoms with Gasteiger partial charge in [0, 0.05) is 25.4 Å². The molecule has 3 aromatic rings. The van der Waals surface area contributed by atoms with Gasteiger partial charge in [-0.25, -0.2) is 0 Å². The van der Waals surface area contributed by atoms with Crippen molar-refractivity contribution in [1.82, 2.24) is 10.2 Å². The number of carbonyl (C=O) groups is 5. The molecule has 0 saturated carbocycles. The standard InChI is InChI=1S/C38H42N2O8S2/c1-24(41)49-22-37(15-13-27-7-3-5-9-29(27)18-37)35(47)39-20-33(45)34(46)40(21-26-11-12-31(43)32(44)17-26)36(48)38(23-50-25(2)42)16-14-28-8-4-6-10-30(28)19-38/h3-12,17,33,43-45H,13-16,18-23H2,1-2H3,(H,39,47). The van der Waals surface area contributed by atoms with Gasteiger partial charge in [-0.05, 0) is 78.5 Å². The van der Waals surface area contributed by atoms with Crippen LogP contribution in [0.4, 0.5) is 0 Å². The lowest BCUT2D eigenvalue weighted by molar-refractivity contribution is -0.157. The van der Waals surface area contributed by atoms with Crippen molar-refractivity contribution in [3.63, 3.8) is 0 Å². The monoisotopic (exact) mass is 718 g/mol. The van der Waals surface area contributed by atoms with Crippen LogP contribution in [-0.4, -0.2) is 72.3 Å². The van der Waals surface area contributed by atoms with E-state index in [2.05, 4.69) is 5.32 Å². The van der Waals surface area contributed by atoms with Gasteiger partial charge in [-0.3, -0.25) is 28.9 Å². The minimum Gasteiger partial charge on any atom is -0.504 e. The predicted octanol–water partition coefficient (Wildman–Crippen LogP) is 4.34. The molecule has 0 saturated heterocycles. The lowest BCUT2D eigenvalue weighted by Gasteiger charge is -2.40. The maximum absolute atomic E-state index is 14.7. The van der Waals surface area contributed by atoms with Crippen LogP contribution in [0.3, 0.4) is 0 Å². The van der Waals surface area contributed by atoms with Gasteiger partial charge in [0.15, 0.2) is 27.8 Å². The topological polar surface area (TPSA) is 161 Å². The average molecular weight is 719 g/mol. The molecule has 0 fully saturated rings. The lowest BCUT2D eigenvalue weighted by Crippen LogP contribution is -2.55. The highest BCUT2D eigenvalue weighted by Gasteiger charge is 2.47. The maximum Gasteiger partial charge on any atom is 0.260 e. The van der Waals surface area contributed by atoms with Gasteiger partial charge < -0.3 is 20.6 Å². The van der Waals surface area contributed by atoms with E-state index in [0.717, 1.165) is 50.7 Å². The normalized spacial score (nSPS) is 20.1. The number of fused-ring (bicyclic) bond motifs is 2. The number of nitrogens with zero attached hydrogens (tertiary/aromatic N) is 1. The number of thioether (sulfide) groups is 2. The molecule has 12 heteroatoms. The Labute approximate surface area is 300 Å². The average Bonchev–Trinajstić information content (AvgIpc) is 3.11. The Bertz CT molecular complexity index is 1800. The summed E-state index contributed by atoms with van der Waals surface area (Å²) >= 11 is 2.07. The largest absolute Gasteiger partial charge is 0.504 e. The molecule has 5 rings (SSSR count). The Morgan fingerprint density at radius 2 is 1.28 bits per heavy atom. The van der Waals surface area contributed by atoms with E-state index < -0.39 is 46.9 Å². The number of phenols is 2. The molecule has 0 heterocycles. The first-order valence-corrected chi connectivity index (χ1v) is 18.5. The fourth-order valence-electron chi connectivity index (χ4n) is 6.86. The second-order valence-electron chi connectivity index (χ2n) is 13.3. The SMILES string of the molecule is CC(=O)SCC1(C(=O)NCC(O)C(=O)N(Cc2ccc(O)c(O)c2)C(=O)C2(CSC(C)=O)CCc3ccccc3C2)CCc2ccccc2C1. The molecular weight excluding hydrogens is 677 g/mol. The Morgan fingerprint density at radius 1 is 0.760 bits per heavy atom. The van der Waals surface area contributed by atoms with E-state index in [1.165, 1.54) is 32.0 Å². The third-order valence-electron chi connectivity index (χ3n) is 9.71. The molecule has 0 bridgehead atoms. The number of nitrogens with one attached hydrogen (secondary N) is 1. The van der Waals surface area contributed by atoms with E-state index in [4.69, 9.17) is 0 Å². The number of hydrogen-bond acceptors (Lipinski definition) is 10. The molecule has 0 radical (unpaired) electrons. The van der Waals surface area contributed by atoms with Gasteiger partial charge in [0.25, 0.3) is 5.91 Å². The summed E-state index contributed by atoms with van der Waals surface area (Å²) in [4.78, 5) is 67.7. The molecule has 0 spiro atoms. The van der Waals surface area contributed by atoms with Crippen LogP contribution >= 0.6 is 23.5 Å². The number of aliphatic hydroxyl groups excluding tert-OH is 1. The highest BCUT2D eigenvalue weighted by Crippen LogP contribution is 2.41. The van der Waals surface area contributed by atoms with Crippen LogP contribution in [0, 0.1) is 10.8 Å². The van der Waals surface area contributed by atoms with Crippen LogP contribution in [0.1, 0.15) is 54.5 Å². The first-order valence-electron chi connectivity index (χ1n) is 16.6. The second-order valence-corrected chi connectivity index (χ2v) is 15.6. The molecule has 2 aliphatic carbocycles. The Balaban J connectivity index is 1.41. The Kier molecular flexibility index (Phi) is 11.8. The third kappa shape index (κ3) is 8.42. The highest BCUT2D eigenvalue weighted by molar-refractivity contribution is 8.13. The van der Waals surface area contributed by atoms with Crippen molar-refractivity contribution in [2.75, 3.05) is 18.1 Å². The van der Waals surface area contributed by atoms with Crippen molar-refractivity contribution in [2.45, 2.75) is 65.0 Å². The summed E-state index contributed by atoms with van der Waals surface area (Å²) in [5.74, 6) is -2.39. The van der Waals surface area contributed by atoms with Crippen molar-refractivity contribution in [3.8, 4) is 11.5 Å². The molecule has 3 atom stereocenters. The third-order valence-corrected chi connectivity index (χ3v) is 11.9. The minimum absolute atomic E-state index is 0.116. The number of aliphatic hydroxyl groups is 1. The maximum atomic E-state index is 14.7. The molecular formula is C38H42N2O8S2.